The zero-order valence-electron chi connectivity index (χ0n) is 15.9. The zero-order chi connectivity index (χ0) is 20.0. The first-order valence-electron chi connectivity index (χ1n) is 8.68. The second-order valence-electron chi connectivity index (χ2n) is 6.99. The first-order chi connectivity index (χ1) is 12.1. The first-order valence-corrected chi connectivity index (χ1v) is 8.68. The molecule has 0 aliphatic heterocycles. The molecule has 0 fully saturated rings. The second kappa shape index (κ2) is 9.64. The van der Waals surface area contributed by atoms with Crippen molar-refractivity contribution in [3.8, 4) is 0 Å². The van der Waals surface area contributed by atoms with Crippen LogP contribution < -0.4 is 0 Å². The van der Waals surface area contributed by atoms with Crippen LogP contribution in [0.2, 0.25) is 0 Å². The van der Waals surface area contributed by atoms with Gasteiger partial charge in [-0.25, -0.2) is 4.79 Å². The summed E-state index contributed by atoms with van der Waals surface area (Å²) in [5, 5.41) is 18.4. The molecule has 26 heavy (non-hydrogen) atoms. The van der Waals surface area contributed by atoms with Gasteiger partial charge in [0.15, 0.2) is 6.10 Å². The summed E-state index contributed by atoms with van der Waals surface area (Å²) in [5.74, 6) is -2.76. The van der Waals surface area contributed by atoms with E-state index in [1.807, 2.05) is 13.8 Å². The van der Waals surface area contributed by atoms with Gasteiger partial charge in [-0.1, -0.05) is 27.7 Å². The third-order valence-electron chi connectivity index (χ3n) is 4.29. The third kappa shape index (κ3) is 5.25. The number of carbonyl (C=O) groups is 3. The van der Waals surface area contributed by atoms with Crippen LogP contribution in [0, 0.1) is 17.8 Å². The van der Waals surface area contributed by atoms with Gasteiger partial charge in [-0.15, -0.1) is 0 Å². The maximum absolute atomic E-state index is 12.6. The van der Waals surface area contributed by atoms with Gasteiger partial charge in [-0.3, -0.25) is 9.59 Å². The predicted octanol–water partition coefficient (Wildman–Crippen LogP) is 1.18. The fraction of sp³-hybridized carbons (Fsp3) is 0.632. The van der Waals surface area contributed by atoms with E-state index in [-0.39, 0.29) is 29.6 Å². The van der Waals surface area contributed by atoms with Crippen molar-refractivity contribution in [2.45, 2.75) is 46.8 Å². The van der Waals surface area contributed by atoms with Crippen LogP contribution in [0.4, 0.5) is 0 Å². The van der Waals surface area contributed by atoms with Gasteiger partial charge in [-0.05, 0) is 25.0 Å². The molecule has 3 unspecified atom stereocenters. The Kier molecular flexibility index (Phi) is 8.17. The Morgan fingerprint density at radius 2 is 1.81 bits per heavy atom. The van der Waals surface area contributed by atoms with Crippen LogP contribution in [-0.2, 0) is 23.9 Å². The van der Waals surface area contributed by atoms with Crippen molar-refractivity contribution in [3.05, 3.63) is 23.3 Å². The van der Waals surface area contributed by atoms with Crippen LogP contribution >= 0.6 is 0 Å². The number of aliphatic hydroxyl groups excluding tert-OH is 2. The van der Waals surface area contributed by atoms with Crippen molar-refractivity contribution >= 4 is 17.7 Å². The lowest BCUT2D eigenvalue weighted by atomic mass is 9.77. The van der Waals surface area contributed by atoms with E-state index in [0.717, 1.165) is 0 Å². The van der Waals surface area contributed by atoms with Gasteiger partial charge >= 0.3 is 11.9 Å². The maximum atomic E-state index is 12.6. The van der Waals surface area contributed by atoms with Gasteiger partial charge in [0.25, 0.3) is 0 Å². The van der Waals surface area contributed by atoms with Crippen molar-refractivity contribution in [2.24, 2.45) is 17.8 Å². The summed E-state index contributed by atoms with van der Waals surface area (Å²) in [4.78, 5) is 36.9. The SMILES string of the molecule is CC(=CCO)C(=O)OC1C(=O)C(CO)=CC(OC(=O)C(C)C)C1C(C)C. The fourth-order valence-electron chi connectivity index (χ4n) is 2.72. The van der Waals surface area contributed by atoms with Gasteiger partial charge in [0.1, 0.15) is 6.10 Å². The van der Waals surface area contributed by atoms with E-state index in [0.29, 0.717) is 0 Å². The number of carbonyl (C=O) groups excluding carboxylic acids is 3. The summed E-state index contributed by atoms with van der Waals surface area (Å²) < 4.78 is 10.9. The summed E-state index contributed by atoms with van der Waals surface area (Å²) in [7, 11) is 0. The smallest absolute Gasteiger partial charge is 0.334 e. The number of rotatable bonds is 7. The molecule has 0 amide bonds. The molecule has 3 atom stereocenters. The molecule has 0 bridgehead atoms. The third-order valence-corrected chi connectivity index (χ3v) is 4.29. The molecule has 0 aromatic rings. The lowest BCUT2D eigenvalue weighted by Gasteiger charge is -2.37. The molecule has 2 N–H and O–H groups in total. The molecule has 0 radical (unpaired) electrons. The second-order valence-corrected chi connectivity index (χ2v) is 6.99. The van der Waals surface area contributed by atoms with Gasteiger partial charge in [0.2, 0.25) is 5.78 Å². The summed E-state index contributed by atoms with van der Waals surface area (Å²) in [6, 6.07) is 0. The minimum Gasteiger partial charge on any atom is -0.457 e. The maximum Gasteiger partial charge on any atom is 0.334 e. The van der Waals surface area contributed by atoms with Gasteiger partial charge < -0.3 is 19.7 Å². The lowest BCUT2D eigenvalue weighted by Crippen LogP contribution is -2.49. The van der Waals surface area contributed by atoms with Crippen LogP contribution in [0.3, 0.4) is 0 Å². The average Bonchev–Trinajstić information content (AvgIpc) is 2.56. The number of aliphatic hydroxyl groups is 2. The Morgan fingerprint density at radius 3 is 2.27 bits per heavy atom. The largest absolute Gasteiger partial charge is 0.457 e. The fourth-order valence-corrected chi connectivity index (χ4v) is 2.72. The highest BCUT2D eigenvalue weighted by molar-refractivity contribution is 6.02. The number of Topliss-reactive ketones (excluding diaryl/α,β-unsaturated/α-hetero) is 1. The number of hydrogen-bond acceptors (Lipinski definition) is 7. The molecule has 7 nitrogen and oxygen atoms in total. The highest BCUT2D eigenvalue weighted by Crippen LogP contribution is 2.33. The number of ether oxygens (including phenoxy) is 2. The Labute approximate surface area is 153 Å². The van der Waals surface area contributed by atoms with E-state index in [1.165, 1.54) is 19.1 Å². The number of esters is 2. The number of ketones is 1. The van der Waals surface area contributed by atoms with E-state index < -0.39 is 42.5 Å². The van der Waals surface area contributed by atoms with Crippen molar-refractivity contribution in [3.63, 3.8) is 0 Å². The summed E-state index contributed by atoms with van der Waals surface area (Å²) in [5.41, 5.74) is 0.212. The van der Waals surface area contributed by atoms with Crippen LogP contribution in [0.25, 0.3) is 0 Å². The zero-order valence-corrected chi connectivity index (χ0v) is 15.9. The van der Waals surface area contributed by atoms with Crippen molar-refractivity contribution in [2.75, 3.05) is 13.2 Å². The molecule has 1 rings (SSSR count). The summed E-state index contributed by atoms with van der Waals surface area (Å²) in [6.07, 6.45) is 0.749. The Bertz CT molecular complexity index is 601. The lowest BCUT2D eigenvalue weighted by molar-refractivity contribution is -0.167. The van der Waals surface area contributed by atoms with E-state index in [2.05, 4.69) is 0 Å². The van der Waals surface area contributed by atoms with E-state index >= 15 is 0 Å². The Balaban J connectivity index is 3.22. The highest BCUT2D eigenvalue weighted by atomic mass is 16.6. The Hall–Kier alpha value is -1.99. The molecule has 7 heteroatoms. The topological polar surface area (TPSA) is 110 Å². The minimum absolute atomic E-state index is 0.0463. The van der Waals surface area contributed by atoms with Gasteiger partial charge in [0, 0.05) is 17.1 Å². The molecule has 0 spiro atoms. The molecule has 0 saturated carbocycles. The van der Waals surface area contributed by atoms with Crippen molar-refractivity contribution in [1.82, 2.24) is 0 Å². The molecule has 0 aromatic heterocycles. The molecule has 1 aliphatic carbocycles. The number of hydrogen-bond donors (Lipinski definition) is 2. The van der Waals surface area contributed by atoms with Gasteiger partial charge in [-0.2, -0.15) is 0 Å². The van der Waals surface area contributed by atoms with E-state index in [1.54, 1.807) is 13.8 Å². The molecular formula is C19H28O7. The normalized spacial score (nSPS) is 23.9. The summed E-state index contributed by atoms with van der Waals surface area (Å²) in [6.45, 7) is 7.65. The molecule has 0 heterocycles. The predicted molar refractivity (Wildman–Crippen MR) is 93.9 cm³/mol. The van der Waals surface area contributed by atoms with Crippen molar-refractivity contribution in [1.29, 1.82) is 0 Å². The molecule has 1 aliphatic rings. The quantitative estimate of drug-likeness (QED) is 0.513. The van der Waals surface area contributed by atoms with Crippen LogP contribution in [-0.4, -0.2) is 53.4 Å². The molecule has 146 valence electrons. The standard InChI is InChI=1S/C19H28O7/c1-10(2)15-14(25-18(23)11(3)4)8-13(9-21)16(22)17(15)26-19(24)12(5)6-7-20/h6,8,10-11,14-15,17,20-21H,7,9H2,1-5H3. The average molecular weight is 368 g/mol. The van der Waals surface area contributed by atoms with E-state index in [9.17, 15) is 19.5 Å². The van der Waals surface area contributed by atoms with Crippen molar-refractivity contribution < 1.29 is 34.1 Å². The minimum atomic E-state index is -1.18. The van der Waals surface area contributed by atoms with Crippen LogP contribution in [0.5, 0.6) is 0 Å². The van der Waals surface area contributed by atoms with E-state index in [4.69, 9.17) is 14.6 Å². The Morgan fingerprint density at radius 1 is 1.19 bits per heavy atom. The molecular weight excluding hydrogens is 340 g/mol. The highest BCUT2D eigenvalue weighted by Gasteiger charge is 2.45. The summed E-state index contributed by atoms with van der Waals surface area (Å²) >= 11 is 0. The van der Waals surface area contributed by atoms with Gasteiger partial charge in [0.05, 0.1) is 19.1 Å². The molecule has 0 saturated heterocycles. The first kappa shape index (κ1) is 22.1. The monoisotopic (exact) mass is 368 g/mol. The van der Waals surface area contributed by atoms with Crippen LogP contribution in [0.15, 0.2) is 23.3 Å². The van der Waals surface area contributed by atoms with Crippen LogP contribution in [0.1, 0.15) is 34.6 Å². The molecule has 0 aromatic carbocycles.